The highest BCUT2D eigenvalue weighted by Gasteiger charge is 2.47. The molecule has 1 heterocycles. The lowest BCUT2D eigenvalue weighted by Gasteiger charge is -2.40. The quantitative estimate of drug-likeness (QED) is 0.495. The number of ether oxygens (including phenoxy) is 5. The summed E-state index contributed by atoms with van der Waals surface area (Å²) in [6, 6.07) is 12.2. The second-order valence-corrected chi connectivity index (χ2v) is 7.48. The van der Waals surface area contributed by atoms with E-state index in [1.54, 1.807) is 0 Å². The van der Waals surface area contributed by atoms with E-state index in [9.17, 15) is 20.1 Å². The zero-order valence-corrected chi connectivity index (χ0v) is 18.3. The van der Waals surface area contributed by atoms with E-state index in [1.807, 2.05) is 30.3 Å². The van der Waals surface area contributed by atoms with Gasteiger partial charge in [0.1, 0.15) is 42.0 Å². The Hall–Kier alpha value is -2.40. The largest absolute Gasteiger partial charge is 0.496 e. The number of methoxy groups -OCH3 is 2. The zero-order chi connectivity index (χ0) is 23.3. The van der Waals surface area contributed by atoms with Gasteiger partial charge in [0.05, 0.1) is 18.7 Å². The second kappa shape index (κ2) is 11.0. The first kappa shape index (κ1) is 24.2. The van der Waals surface area contributed by atoms with E-state index in [2.05, 4.69) is 0 Å². The van der Waals surface area contributed by atoms with Crippen molar-refractivity contribution in [1.29, 1.82) is 0 Å². The van der Waals surface area contributed by atoms with Gasteiger partial charge < -0.3 is 39.0 Å². The van der Waals surface area contributed by atoms with Crippen LogP contribution in [-0.2, 0) is 20.8 Å². The van der Waals surface area contributed by atoms with Gasteiger partial charge >= 0.3 is 5.97 Å². The molecule has 0 aromatic heterocycles. The van der Waals surface area contributed by atoms with Crippen LogP contribution in [0.1, 0.15) is 15.9 Å². The van der Waals surface area contributed by atoms with Crippen molar-refractivity contribution in [2.75, 3.05) is 20.8 Å². The molecule has 2 aromatic rings. The van der Waals surface area contributed by atoms with Crippen LogP contribution in [0.15, 0.2) is 42.5 Å². The topological polar surface area (TPSA) is 124 Å². The summed E-state index contributed by atoms with van der Waals surface area (Å²) >= 11 is 6.30. The van der Waals surface area contributed by atoms with Crippen molar-refractivity contribution in [2.24, 2.45) is 0 Å². The van der Waals surface area contributed by atoms with Crippen molar-refractivity contribution in [3.8, 4) is 11.5 Å². The molecule has 10 heteroatoms. The summed E-state index contributed by atoms with van der Waals surface area (Å²) in [6.07, 6.45) is -6.71. The van der Waals surface area contributed by atoms with Crippen molar-refractivity contribution in [3.63, 3.8) is 0 Å². The van der Waals surface area contributed by atoms with E-state index in [4.69, 9.17) is 35.3 Å². The average Bonchev–Trinajstić information content (AvgIpc) is 2.81. The number of hydrogen-bond donors (Lipinski definition) is 3. The fraction of sp³-hybridized carbons (Fsp3) is 0.409. The molecule has 0 radical (unpaired) electrons. The van der Waals surface area contributed by atoms with Crippen LogP contribution in [-0.4, -0.2) is 72.8 Å². The van der Waals surface area contributed by atoms with Gasteiger partial charge in [0.2, 0.25) is 0 Å². The third kappa shape index (κ3) is 5.32. The Kier molecular flexibility index (Phi) is 8.30. The Morgan fingerprint density at radius 3 is 2.44 bits per heavy atom. The van der Waals surface area contributed by atoms with E-state index in [0.29, 0.717) is 5.75 Å². The highest BCUT2D eigenvalue weighted by atomic mass is 35.5. The highest BCUT2D eigenvalue weighted by molar-refractivity contribution is 6.32. The molecule has 2 aromatic carbocycles. The molecule has 9 nitrogen and oxygen atoms in total. The first-order valence-electron chi connectivity index (χ1n) is 9.80. The predicted octanol–water partition coefficient (Wildman–Crippen LogP) is 1.54. The highest BCUT2D eigenvalue weighted by Crippen LogP contribution is 2.34. The summed E-state index contributed by atoms with van der Waals surface area (Å²) in [6.45, 7) is -0.306. The smallest absolute Gasteiger partial charge is 0.342 e. The average molecular weight is 469 g/mol. The van der Waals surface area contributed by atoms with Crippen LogP contribution in [0.3, 0.4) is 0 Å². The van der Waals surface area contributed by atoms with Gasteiger partial charge in [-0.05, 0) is 11.6 Å². The molecule has 32 heavy (non-hydrogen) atoms. The Balaban J connectivity index is 1.78. The number of carbonyl (C=O) groups is 1. The molecule has 0 aliphatic carbocycles. The standard InChI is InChI=1S/C22H25ClO9/c1-28-15-9-16(30-11-12-6-4-3-5-7-12)14(23)8-13(15)21(27)32-20-18(25)17(10-24)31-22(29-2)19(20)26/h3-9,17-20,22,24-26H,10-11H2,1-2H3/t17-,18-,19-,20+,22+/m1/s1. The minimum Gasteiger partial charge on any atom is -0.496 e. The Bertz CT molecular complexity index is 892. The van der Waals surface area contributed by atoms with E-state index in [1.165, 1.54) is 26.4 Å². The van der Waals surface area contributed by atoms with Crippen molar-refractivity contribution >= 4 is 17.6 Å². The lowest BCUT2D eigenvalue weighted by Crippen LogP contribution is -2.60. The summed E-state index contributed by atoms with van der Waals surface area (Å²) in [5.41, 5.74) is 0.893. The van der Waals surface area contributed by atoms with E-state index < -0.39 is 43.3 Å². The number of hydrogen-bond acceptors (Lipinski definition) is 9. The molecule has 0 bridgehead atoms. The van der Waals surface area contributed by atoms with Gasteiger partial charge in [-0.2, -0.15) is 0 Å². The number of benzene rings is 2. The number of aliphatic hydroxyl groups excluding tert-OH is 3. The lowest BCUT2D eigenvalue weighted by atomic mass is 9.99. The Morgan fingerprint density at radius 2 is 1.81 bits per heavy atom. The molecular weight excluding hydrogens is 444 g/mol. The van der Waals surface area contributed by atoms with Crippen LogP contribution < -0.4 is 9.47 Å². The SMILES string of the molecule is COc1cc(OCc2ccccc2)c(Cl)cc1C(=O)O[C@@H]1[C@@H](O)[C@@H](OC)O[C@H](CO)[C@H]1O. The molecule has 0 unspecified atom stereocenters. The summed E-state index contributed by atoms with van der Waals surface area (Å²) in [7, 11) is 2.64. The number of esters is 1. The van der Waals surface area contributed by atoms with Gasteiger partial charge in [-0.1, -0.05) is 41.9 Å². The van der Waals surface area contributed by atoms with Gasteiger partial charge in [-0.3, -0.25) is 0 Å². The number of carbonyl (C=O) groups excluding carboxylic acids is 1. The summed E-state index contributed by atoms with van der Waals surface area (Å²) < 4.78 is 26.6. The minimum absolute atomic E-state index is 0.0371. The molecule has 1 aliphatic heterocycles. The van der Waals surface area contributed by atoms with Gasteiger partial charge in [0, 0.05) is 13.2 Å². The second-order valence-electron chi connectivity index (χ2n) is 7.07. The van der Waals surface area contributed by atoms with Crippen molar-refractivity contribution < 1.29 is 43.8 Å². The normalized spacial score (nSPS) is 25.2. The predicted molar refractivity (Wildman–Crippen MR) is 113 cm³/mol. The molecule has 0 amide bonds. The Labute approximate surface area is 190 Å². The lowest BCUT2D eigenvalue weighted by molar-refractivity contribution is -0.293. The van der Waals surface area contributed by atoms with E-state index in [0.717, 1.165) is 5.56 Å². The minimum atomic E-state index is -1.49. The third-order valence-corrected chi connectivity index (χ3v) is 5.30. The zero-order valence-electron chi connectivity index (χ0n) is 17.5. The third-order valence-electron chi connectivity index (χ3n) is 5.01. The van der Waals surface area contributed by atoms with Crippen molar-refractivity contribution in [2.45, 2.75) is 37.3 Å². The van der Waals surface area contributed by atoms with Crippen LogP contribution in [0.5, 0.6) is 11.5 Å². The molecule has 1 fully saturated rings. The van der Waals surface area contributed by atoms with Crippen molar-refractivity contribution in [1.82, 2.24) is 0 Å². The number of rotatable bonds is 8. The molecule has 5 atom stereocenters. The maximum atomic E-state index is 12.8. The first-order valence-corrected chi connectivity index (χ1v) is 10.2. The van der Waals surface area contributed by atoms with Crippen LogP contribution in [0.2, 0.25) is 5.02 Å². The summed E-state index contributed by atoms with van der Waals surface area (Å²) in [5.74, 6) is -0.481. The van der Waals surface area contributed by atoms with Crippen LogP contribution >= 0.6 is 11.6 Å². The maximum absolute atomic E-state index is 12.8. The van der Waals surface area contributed by atoms with Crippen LogP contribution in [0.25, 0.3) is 0 Å². The number of aliphatic hydroxyl groups is 3. The molecule has 0 saturated carbocycles. The van der Waals surface area contributed by atoms with Crippen LogP contribution in [0, 0.1) is 0 Å². The molecule has 1 aliphatic rings. The summed E-state index contributed by atoms with van der Waals surface area (Å²) in [5, 5.41) is 30.3. The fourth-order valence-electron chi connectivity index (χ4n) is 3.28. The molecule has 174 valence electrons. The molecular formula is C22H25ClO9. The molecule has 0 spiro atoms. The van der Waals surface area contributed by atoms with Gasteiger partial charge in [0.25, 0.3) is 0 Å². The molecule has 3 rings (SSSR count). The molecule has 1 saturated heterocycles. The van der Waals surface area contributed by atoms with E-state index in [-0.39, 0.29) is 22.9 Å². The fourth-order valence-corrected chi connectivity index (χ4v) is 3.50. The van der Waals surface area contributed by atoms with Gasteiger partial charge in [0.15, 0.2) is 12.4 Å². The van der Waals surface area contributed by atoms with Crippen LogP contribution in [0.4, 0.5) is 0 Å². The number of halogens is 1. The first-order chi connectivity index (χ1) is 15.4. The maximum Gasteiger partial charge on any atom is 0.342 e. The molecule has 3 N–H and O–H groups in total. The van der Waals surface area contributed by atoms with E-state index >= 15 is 0 Å². The van der Waals surface area contributed by atoms with Gasteiger partial charge in [-0.15, -0.1) is 0 Å². The Morgan fingerprint density at radius 1 is 1.09 bits per heavy atom. The summed E-state index contributed by atoms with van der Waals surface area (Å²) in [4.78, 5) is 12.8. The van der Waals surface area contributed by atoms with Crippen molar-refractivity contribution in [3.05, 3.63) is 58.6 Å². The monoisotopic (exact) mass is 468 g/mol. The van der Waals surface area contributed by atoms with Gasteiger partial charge in [-0.25, -0.2) is 4.79 Å².